The number of benzene rings is 3. The lowest BCUT2D eigenvalue weighted by molar-refractivity contribution is -0.401. The van der Waals surface area contributed by atoms with Crippen molar-refractivity contribution in [3.05, 3.63) is 134 Å². The van der Waals surface area contributed by atoms with Gasteiger partial charge in [-0.05, 0) is 91.9 Å². The van der Waals surface area contributed by atoms with Crippen LogP contribution in [0.3, 0.4) is 0 Å². The summed E-state index contributed by atoms with van der Waals surface area (Å²) in [7, 11) is 4.32. The van der Waals surface area contributed by atoms with Crippen molar-refractivity contribution in [2.45, 2.75) is 56.3 Å². The second kappa shape index (κ2) is 10.9. The van der Waals surface area contributed by atoms with Gasteiger partial charge in [-0.15, -0.1) is 0 Å². The summed E-state index contributed by atoms with van der Waals surface area (Å²) in [6.07, 6.45) is 11.4. The van der Waals surface area contributed by atoms with Crippen LogP contribution in [0.5, 0.6) is 0 Å². The first kappa shape index (κ1) is 29.1. The highest BCUT2D eigenvalue weighted by Crippen LogP contribution is 2.49. The second-order valence-electron chi connectivity index (χ2n) is 12.4. The number of rotatable bonds is 5. The van der Waals surface area contributed by atoms with Crippen LogP contribution in [0.2, 0.25) is 10.0 Å². The summed E-state index contributed by atoms with van der Waals surface area (Å²) in [6, 6.07) is 23.2. The Hall–Kier alpha value is -2.98. The van der Waals surface area contributed by atoms with E-state index >= 15 is 0 Å². The number of thioether (sulfide) groups is 1. The van der Waals surface area contributed by atoms with Crippen molar-refractivity contribution < 1.29 is 4.58 Å². The van der Waals surface area contributed by atoms with Gasteiger partial charge in [0, 0.05) is 61.4 Å². The standard InChI is InChI=1S/C37H37Cl2N2S/c1-36(2)29-22-26(38)16-18-31(29)40(5)33(36)20-14-24-12-13-25(35(24)42-28-10-8-7-9-11-28)15-21-34-37(3,4)30-23-27(39)17-19-32(30)41(34)6/h7-11,14-23H,12-13H2,1-6H3/q+1. The topological polar surface area (TPSA) is 6.25 Å². The van der Waals surface area contributed by atoms with Crippen molar-refractivity contribution in [2.24, 2.45) is 0 Å². The molecule has 2 nitrogen and oxygen atoms in total. The maximum atomic E-state index is 6.40. The SMILES string of the molecule is CN1C(=CC=C2CCC(C=CC3=[N+](C)c4ccc(Cl)cc4C3(C)C)=C2Sc2ccccc2)C(C)(C)c2cc(Cl)ccc21. The first-order chi connectivity index (χ1) is 20.0. The van der Waals surface area contributed by atoms with Crippen LogP contribution in [-0.4, -0.2) is 24.4 Å². The number of halogens is 2. The monoisotopic (exact) mass is 611 g/mol. The Morgan fingerprint density at radius 1 is 0.810 bits per heavy atom. The highest BCUT2D eigenvalue weighted by Gasteiger charge is 2.43. The van der Waals surface area contributed by atoms with Gasteiger partial charge in [0.2, 0.25) is 5.69 Å². The number of fused-ring (bicyclic) bond motifs is 2. The van der Waals surface area contributed by atoms with Crippen LogP contribution in [0, 0.1) is 0 Å². The highest BCUT2D eigenvalue weighted by atomic mass is 35.5. The van der Waals surface area contributed by atoms with Gasteiger partial charge in [-0.1, -0.05) is 79.2 Å². The molecule has 0 saturated carbocycles. The van der Waals surface area contributed by atoms with E-state index in [0.717, 1.165) is 22.9 Å². The number of hydrogen-bond donors (Lipinski definition) is 0. The zero-order chi connectivity index (χ0) is 29.8. The van der Waals surface area contributed by atoms with Crippen LogP contribution in [0.25, 0.3) is 0 Å². The van der Waals surface area contributed by atoms with Crippen LogP contribution < -0.4 is 4.90 Å². The predicted molar refractivity (Wildman–Crippen MR) is 182 cm³/mol. The second-order valence-corrected chi connectivity index (χ2v) is 14.4. The van der Waals surface area contributed by atoms with E-state index in [-0.39, 0.29) is 10.8 Å². The lowest BCUT2D eigenvalue weighted by Crippen LogP contribution is -2.26. The number of likely N-dealkylation sites (N-methyl/N-ethyl adjacent to an activating group) is 1. The van der Waals surface area contributed by atoms with Crippen LogP contribution in [0.15, 0.2) is 118 Å². The molecule has 3 aromatic carbocycles. The van der Waals surface area contributed by atoms with Crippen LogP contribution in [0.1, 0.15) is 51.7 Å². The molecule has 0 saturated heterocycles. The van der Waals surface area contributed by atoms with Gasteiger partial charge in [-0.3, -0.25) is 0 Å². The van der Waals surface area contributed by atoms with E-state index in [0.29, 0.717) is 0 Å². The van der Waals surface area contributed by atoms with E-state index in [2.05, 4.69) is 130 Å². The third-order valence-electron chi connectivity index (χ3n) is 9.08. The number of hydrogen-bond acceptors (Lipinski definition) is 2. The molecule has 42 heavy (non-hydrogen) atoms. The molecule has 0 fully saturated rings. The molecule has 0 unspecified atom stereocenters. The largest absolute Gasteiger partial charge is 0.347 e. The molecule has 3 aromatic rings. The highest BCUT2D eigenvalue weighted by molar-refractivity contribution is 8.03. The van der Waals surface area contributed by atoms with Crippen molar-refractivity contribution in [1.29, 1.82) is 0 Å². The molecule has 214 valence electrons. The first-order valence-corrected chi connectivity index (χ1v) is 16.1. The quantitative estimate of drug-likeness (QED) is 0.265. The summed E-state index contributed by atoms with van der Waals surface area (Å²) >= 11 is 14.7. The van der Waals surface area contributed by atoms with Gasteiger partial charge in [0.1, 0.15) is 7.05 Å². The normalized spacial score (nSPS) is 20.9. The predicted octanol–water partition coefficient (Wildman–Crippen LogP) is 10.6. The van der Waals surface area contributed by atoms with Gasteiger partial charge in [0.15, 0.2) is 5.71 Å². The smallest absolute Gasteiger partial charge is 0.209 e. The fourth-order valence-corrected chi connectivity index (χ4v) is 8.21. The Kier molecular flexibility index (Phi) is 7.58. The fourth-order valence-electron chi connectivity index (χ4n) is 6.73. The van der Waals surface area contributed by atoms with Gasteiger partial charge in [0.25, 0.3) is 0 Å². The van der Waals surface area contributed by atoms with Crippen molar-refractivity contribution >= 4 is 52.1 Å². The van der Waals surface area contributed by atoms with E-state index in [9.17, 15) is 0 Å². The number of allylic oxidation sites excluding steroid dienone is 7. The Bertz CT molecular complexity index is 1740. The minimum atomic E-state index is -0.128. The number of nitrogens with zero attached hydrogens (tertiary/aromatic N) is 2. The van der Waals surface area contributed by atoms with Crippen molar-refractivity contribution in [1.82, 2.24) is 0 Å². The van der Waals surface area contributed by atoms with E-state index in [1.54, 1.807) is 0 Å². The van der Waals surface area contributed by atoms with Gasteiger partial charge in [-0.25, -0.2) is 0 Å². The Morgan fingerprint density at radius 2 is 1.50 bits per heavy atom. The molecule has 0 radical (unpaired) electrons. The minimum absolute atomic E-state index is 0.128. The minimum Gasteiger partial charge on any atom is -0.347 e. The maximum absolute atomic E-state index is 6.40. The van der Waals surface area contributed by atoms with E-state index in [1.165, 1.54) is 54.9 Å². The van der Waals surface area contributed by atoms with Gasteiger partial charge >= 0.3 is 0 Å². The third-order valence-corrected chi connectivity index (χ3v) is 10.8. The molecular formula is C37H37Cl2N2S+. The summed E-state index contributed by atoms with van der Waals surface area (Å²) in [5.41, 5.74) is 10.1. The molecule has 0 N–H and O–H groups in total. The molecule has 0 bridgehead atoms. The van der Waals surface area contributed by atoms with Crippen LogP contribution in [0.4, 0.5) is 11.4 Å². The molecular weight excluding hydrogens is 575 g/mol. The van der Waals surface area contributed by atoms with Crippen LogP contribution >= 0.6 is 35.0 Å². The van der Waals surface area contributed by atoms with Crippen molar-refractivity contribution in [2.75, 3.05) is 19.0 Å². The zero-order valence-electron chi connectivity index (χ0n) is 25.1. The Balaban J connectivity index is 1.38. The summed E-state index contributed by atoms with van der Waals surface area (Å²) in [5, 5.41) is 1.57. The average Bonchev–Trinajstić information content (AvgIpc) is 3.48. The Morgan fingerprint density at radius 3 is 2.24 bits per heavy atom. The molecule has 2 aliphatic heterocycles. The van der Waals surface area contributed by atoms with Crippen molar-refractivity contribution in [3.63, 3.8) is 0 Å². The fraction of sp³-hybridized carbons (Fsp3) is 0.270. The van der Waals surface area contributed by atoms with E-state index in [4.69, 9.17) is 23.2 Å². The summed E-state index contributed by atoms with van der Waals surface area (Å²) < 4.78 is 2.31. The third kappa shape index (κ3) is 5.00. The lowest BCUT2D eigenvalue weighted by atomic mass is 9.81. The first-order valence-electron chi connectivity index (χ1n) is 14.5. The molecule has 6 rings (SSSR count). The molecule has 1 aliphatic carbocycles. The molecule has 0 spiro atoms. The molecule has 0 amide bonds. The molecule has 0 aromatic heterocycles. The molecule has 0 atom stereocenters. The molecule has 5 heteroatoms. The number of anilines is 1. The van der Waals surface area contributed by atoms with E-state index < -0.39 is 0 Å². The average molecular weight is 613 g/mol. The van der Waals surface area contributed by atoms with Gasteiger partial charge in [-0.2, -0.15) is 4.58 Å². The van der Waals surface area contributed by atoms with E-state index in [1.807, 2.05) is 23.9 Å². The lowest BCUT2D eigenvalue weighted by Gasteiger charge is -2.24. The zero-order valence-corrected chi connectivity index (χ0v) is 27.5. The van der Waals surface area contributed by atoms with Crippen LogP contribution in [-0.2, 0) is 10.8 Å². The summed E-state index contributed by atoms with van der Waals surface area (Å²) in [6.45, 7) is 9.15. The molecule has 3 aliphatic rings. The maximum Gasteiger partial charge on any atom is 0.209 e. The summed E-state index contributed by atoms with van der Waals surface area (Å²) in [4.78, 5) is 4.92. The Labute approximate surface area is 264 Å². The molecule has 2 heterocycles. The van der Waals surface area contributed by atoms with Gasteiger partial charge in [0.05, 0.1) is 5.41 Å². The van der Waals surface area contributed by atoms with Crippen molar-refractivity contribution in [3.8, 4) is 0 Å². The van der Waals surface area contributed by atoms with Gasteiger partial charge < -0.3 is 4.90 Å². The summed E-state index contributed by atoms with van der Waals surface area (Å²) in [5.74, 6) is 0.